The van der Waals surface area contributed by atoms with E-state index in [2.05, 4.69) is 18.2 Å². The van der Waals surface area contributed by atoms with Crippen molar-refractivity contribution < 1.29 is 0 Å². The quantitative estimate of drug-likeness (QED) is 0.456. The highest BCUT2D eigenvalue weighted by molar-refractivity contribution is 5.09. The molecule has 2 aliphatic rings. The first kappa shape index (κ1) is 11.7. The zero-order chi connectivity index (χ0) is 11.2. The van der Waals surface area contributed by atoms with Crippen LogP contribution in [0.25, 0.3) is 0 Å². The smallest absolute Gasteiger partial charge is 0.0621 e. The standard InChI is InChI=1S/C15H23N/c16-10-6-4-2-1-3-5-7-14-11-13-8-9-15(14)12-13/h8-9,13-15H,1-7,11-12H2. The summed E-state index contributed by atoms with van der Waals surface area (Å²) in [6, 6.07) is 2.21. The van der Waals surface area contributed by atoms with Gasteiger partial charge in [0, 0.05) is 6.42 Å². The van der Waals surface area contributed by atoms with Crippen LogP contribution in [0.15, 0.2) is 12.2 Å². The van der Waals surface area contributed by atoms with Crippen LogP contribution < -0.4 is 0 Å². The van der Waals surface area contributed by atoms with E-state index in [0.717, 1.165) is 30.6 Å². The van der Waals surface area contributed by atoms with Gasteiger partial charge in [0.1, 0.15) is 0 Å². The third-order valence-corrected chi connectivity index (χ3v) is 4.28. The molecule has 0 aromatic rings. The second kappa shape index (κ2) is 6.09. The predicted octanol–water partition coefficient (Wildman–Crippen LogP) is 4.45. The van der Waals surface area contributed by atoms with E-state index in [4.69, 9.17) is 5.26 Å². The highest BCUT2D eigenvalue weighted by Gasteiger charge is 2.34. The Bertz CT molecular complexity index is 274. The van der Waals surface area contributed by atoms with Crippen molar-refractivity contribution in [3.8, 4) is 6.07 Å². The lowest BCUT2D eigenvalue weighted by atomic mass is 9.88. The molecule has 0 radical (unpaired) electrons. The fraction of sp³-hybridized carbons (Fsp3) is 0.800. The summed E-state index contributed by atoms with van der Waals surface area (Å²) in [5.74, 6) is 2.88. The van der Waals surface area contributed by atoms with Crippen molar-refractivity contribution in [2.45, 2.75) is 57.8 Å². The minimum atomic E-state index is 0.747. The zero-order valence-electron chi connectivity index (χ0n) is 10.2. The van der Waals surface area contributed by atoms with Gasteiger partial charge in [-0.05, 0) is 43.4 Å². The van der Waals surface area contributed by atoms with Gasteiger partial charge in [-0.1, -0.05) is 37.8 Å². The van der Waals surface area contributed by atoms with E-state index in [-0.39, 0.29) is 0 Å². The molecule has 0 amide bonds. The minimum absolute atomic E-state index is 0.747. The molecular formula is C15H23N. The Hall–Kier alpha value is -0.770. The third kappa shape index (κ3) is 3.11. The molecule has 0 N–H and O–H groups in total. The van der Waals surface area contributed by atoms with Gasteiger partial charge in [-0.2, -0.15) is 5.26 Å². The molecule has 88 valence electrons. The summed E-state index contributed by atoms with van der Waals surface area (Å²) in [6.45, 7) is 0. The topological polar surface area (TPSA) is 23.8 Å². The van der Waals surface area contributed by atoms with Crippen molar-refractivity contribution in [1.29, 1.82) is 5.26 Å². The van der Waals surface area contributed by atoms with Crippen molar-refractivity contribution in [3.63, 3.8) is 0 Å². The number of allylic oxidation sites excluding steroid dienone is 2. The Morgan fingerprint density at radius 2 is 1.81 bits per heavy atom. The summed E-state index contributed by atoms with van der Waals surface area (Å²) in [5.41, 5.74) is 0. The van der Waals surface area contributed by atoms with Crippen molar-refractivity contribution in [1.82, 2.24) is 0 Å². The molecule has 1 saturated carbocycles. The summed E-state index contributed by atoms with van der Waals surface area (Å²) in [7, 11) is 0. The second-order valence-corrected chi connectivity index (χ2v) is 5.50. The lowest BCUT2D eigenvalue weighted by molar-refractivity contribution is 0.394. The number of fused-ring (bicyclic) bond motifs is 2. The Kier molecular flexibility index (Phi) is 4.45. The summed E-state index contributed by atoms with van der Waals surface area (Å²) < 4.78 is 0. The molecule has 1 heteroatoms. The Morgan fingerprint density at radius 3 is 2.50 bits per heavy atom. The number of nitriles is 1. The van der Waals surface area contributed by atoms with E-state index < -0.39 is 0 Å². The van der Waals surface area contributed by atoms with Gasteiger partial charge in [0.2, 0.25) is 0 Å². The van der Waals surface area contributed by atoms with Crippen LogP contribution in [0, 0.1) is 29.1 Å². The maximum atomic E-state index is 8.42. The first-order valence-corrected chi connectivity index (χ1v) is 6.95. The van der Waals surface area contributed by atoms with E-state index in [9.17, 15) is 0 Å². The van der Waals surface area contributed by atoms with Crippen LogP contribution in [-0.2, 0) is 0 Å². The maximum Gasteiger partial charge on any atom is 0.0621 e. The van der Waals surface area contributed by atoms with Crippen molar-refractivity contribution in [3.05, 3.63) is 12.2 Å². The molecular weight excluding hydrogens is 194 g/mol. The van der Waals surface area contributed by atoms with Gasteiger partial charge in [-0.3, -0.25) is 0 Å². The average Bonchev–Trinajstić information content (AvgIpc) is 2.90. The SMILES string of the molecule is N#CCCCCCCCC1CC2C=CC1C2. The number of hydrogen-bond acceptors (Lipinski definition) is 1. The monoisotopic (exact) mass is 217 g/mol. The van der Waals surface area contributed by atoms with E-state index in [1.54, 1.807) is 0 Å². The van der Waals surface area contributed by atoms with Crippen LogP contribution in [0.4, 0.5) is 0 Å². The van der Waals surface area contributed by atoms with E-state index in [0.29, 0.717) is 0 Å². The molecule has 0 spiro atoms. The van der Waals surface area contributed by atoms with Crippen LogP contribution in [0.3, 0.4) is 0 Å². The minimum Gasteiger partial charge on any atom is -0.198 e. The van der Waals surface area contributed by atoms with Crippen molar-refractivity contribution in [2.75, 3.05) is 0 Å². The molecule has 0 aromatic heterocycles. The van der Waals surface area contributed by atoms with E-state index in [1.165, 1.54) is 44.9 Å². The highest BCUT2D eigenvalue weighted by atomic mass is 14.4. The number of nitrogens with zero attached hydrogens (tertiary/aromatic N) is 1. The average molecular weight is 217 g/mol. The second-order valence-electron chi connectivity index (χ2n) is 5.50. The zero-order valence-corrected chi connectivity index (χ0v) is 10.2. The third-order valence-electron chi connectivity index (χ3n) is 4.28. The molecule has 0 aromatic carbocycles. The van der Waals surface area contributed by atoms with Crippen LogP contribution >= 0.6 is 0 Å². The van der Waals surface area contributed by atoms with Gasteiger partial charge in [0.15, 0.2) is 0 Å². The molecule has 16 heavy (non-hydrogen) atoms. The molecule has 3 atom stereocenters. The summed E-state index contributed by atoms with van der Waals surface area (Å²) in [5, 5.41) is 8.42. The van der Waals surface area contributed by atoms with Crippen molar-refractivity contribution in [2.24, 2.45) is 17.8 Å². The van der Waals surface area contributed by atoms with Gasteiger partial charge in [-0.15, -0.1) is 0 Å². The van der Waals surface area contributed by atoms with Crippen LogP contribution in [0.5, 0.6) is 0 Å². The summed E-state index contributed by atoms with van der Waals surface area (Å²) >= 11 is 0. The van der Waals surface area contributed by atoms with Gasteiger partial charge in [0.05, 0.1) is 6.07 Å². The molecule has 2 aliphatic carbocycles. The Balaban J connectivity index is 1.47. The number of rotatable bonds is 7. The first-order valence-electron chi connectivity index (χ1n) is 6.95. The largest absolute Gasteiger partial charge is 0.198 e. The molecule has 2 bridgehead atoms. The van der Waals surface area contributed by atoms with Crippen molar-refractivity contribution >= 4 is 0 Å². The summed E-state index contributed by atoms with van der Waals surface area (Å²) in [4.78, 5) is 0. The van der Waals surface area contributed by atoms with Crippen LogP contribution in [0.2, 0.25) is 0 Å². The van der Waals surface area contributed by atoms with E-state index in [1.807, 2.05) is 0 Å². The number of hydrogen-bond donors (Lipinski definition) is 0. The normalized spacial score (nSPS) is 30.8. The van der Waals surface area contributed by atoms with Gasteiger partial charge in [-0.25, -0.2) is 0 Å². The number of unbranched alkanes of at least 4 members (excludes halogenated alkanes) is 5. The van der Waals surface area contributed by atoms with Crippen LogP contribution in [0.1, 0.15) is 57.8 Å². The molecule has 1 fully saturated rings. The molecule has 2 rings (SSSR count). The molecule has 0 heterocycles. The van der Waals surface area contributed by atoms with E-state index >= 15 is 0 Å². The molecule has 1 nitrogen and oxygen atoms in total. The van der Waals surface area contributed by atoms with Gasteiger partial charge in [0.25, 0.3) is 0 Å². The fourth-order valence-corrected chi connectivity index (χ4v) is 3.37. The molecule has 0 saturated heterocycles. The van der Waals surface area contributed by atoms with Gasteiger partial charge < -0.3 is 0 Å². The lowest BCUT2D eigenvalue weighted by Gasteiger charge is -2.17. The predicted molar refractivity (Wildman–Crippen MR) is 66.8 cm³/mol. The molecule has 3 unspecified atom stereocenters. The lowest BCUT2D eigenvalue weighted by Crippen LogP contribution is -2.06. The maximum absolute atomic E-state index is 8.42. The highest BCUT2D eigenvalue weighted by Crippen LogP contribution is 2.45. The first-order chi connectivity index (χ1) is 7.90. The summed E-state index contributed by atoms with van der Waals surface area (Å²) in [6.07, 6.45) is 16.5. The Labute approximate surface area is 99.5 Å². The molecule has 0 aliphatic heterocycles. The Morgan fingerprint density at radius 1 is 1.00 bits per heavy atom. The fourth-order valence-electron chi connectivity index (χ4n) is 3.37. The van der Waals surface area contributed by atoms with Gasteiger partial charge >= 0.3 is 0 Å². The van der Waals surface area contributed by atoms with Crippen LogP contribution in [-0.4, -0.2) is 0 Å².